The highest BCUT2D eigenvalue weighted by Gasteiger charge is 2.14. The van der Waals surface area contributed by atoms with Crippen LogP contribution in [0.3, 0.4) is 0 Å². The second kappa shape index (κ2) is 9.30. The van der Waals surface area contributed by atoms with Gasteiger partial charge >= 0.3 is 5.97 Å². The molecule has 5 heteroatoms. The summed E-state index contributed by atoms with van der Waals surface area (Å²) in [5.74, 6) is -0.245. The maximum absolute atomic E-state index is 11.8. The summed E-state index contributed by atoms with van der Waals surface area (Å²) in [5.41, 5.74) is 2.08. The van der Waals surface area contributed by atoms with Crippen LogP contribution < -0.4 is 10.6 Å². The highest BCUT2D eigenvalue weighted by Crippen LogP contribution is 2.27. The van der Waals surface area contributed by atoms with E-state index >= 15 is 0 Å². The Kier molecular flexibility index (Phi) is 7.07. The molecule has 0 atom stereocenters. The lowest BCUT2D eigenvalue weighted by Crippen LogP contribution is -2.29. The Hall–Kier alpha value is -1.88. The first kappa shape index (κ1) is 17.5. The molecule has 0 radical (unpaired) electrons. The number of amides is 1. The molecule has 0 unspecified atom stereocenters. The predicted octanol–water partition coefficient (Wildman–Crippen LogP) is 2.81. The van der Waals surface area contributed by atoms with E-state index < -0.39 is 5.97 Å². The fraction of sp³-hybridized carbons (Fsp3) is 0.556. The first-order valence-corrected chi connectivity index (χ1v) is 8.45. The van der Waals surface area contributed by atoms with Crippen LogP contribution in [0, 0.1) is 5.92 Å². The van der Waals surface area contributed by atoms with Gasteiger partial charge in [-0.05, 0) is 30.0 Å². The smallest absolute Gasteiger partial charge is 0.304 e. The number of carboxylic acid groups (broad SMARTS) is 1. The van der Waals surface area contributed by atoms with E-state index in [0.29, 0.717) is 6.54 Å². The molecule has 1 aliphatic carbocycles. The molecule has 2 rings (SSSR count). The van der Waals surface area contributed by atoms with Gasteiger partial charge in [-0.15, -0.1) is 0 Å². The maximum Gasteiger partial charge on any atom is 0.304 e. The van der Waals surface area contributed by atoms with E-state index in [2.05, 4.69) is 16.7 Å². The van der Waals surface area contributed by atoms with Gasteiger partial charge in [-0.1, -0.05) is 44.2 Å². The summed E-state index contributed by atoms with van der Waals surface area (Å²) < 4.78 is 0. The number of carboxylic acids is 1. The lowest BCUT2D eigenvalue weighted by Gasteiger charge is -2.21. The van der Waals surface area contributed by atoms with Crippen molar-refractivity contribution in [2.75, 3.05) is 18.4 Å². The number of aliphatic carboxylic acids is 1. The van der Waals surface area contributed by atoms with Gasteiger partial charge in [-0.25, -0.2) is 0 Å². The number of hydrogen-bond donors (Lipinski definition) is 3. The molecule has 0 aliphatic heterocycles. The third-order valence-electron chi connectivity index (χ3n) is 4.26. The van der Waals surface area contributed by atoms with Crippen LogP contribution in [0.1, 0.15) is 44.1 Å². The van der Waals surface area contributed by atoms with Crippen molar-refractivity contribution >= 4 is 17.6 Å². The summed E-state index contributed by atoms with van der Waals surface area (Å²) in [4.78, 5) is 22.2. The standard InChI is InChI=1S/C18H26N2O3/c21-17(13-19-10-9-18(22)23)20-16-8-4-7-15(12-16)11-14-5-2-1-3-6-14/h4,7-8,12,14,19H,1-3,5-6,9-11,13H2,(H,20,21)(H,22,23). The van der Waals surface area contributed by atoms with E-state index in [4.69, 9.17) is 5.11 Å². The lowest BCUT2D eigenvalue weighted by molar-refractivity contribution is -0.137. The normalized spacial score (nSPS) is 15.3. The van der Waals surface area contributed by atoms with Crippen molar-refractivity contribution in [1.82, 2.24) is 5.32 Å². The number of anilines is 1. The molecule has 0 bridgehead atoms. The molecule has 5 nitrogen and oxygen atoms in total. The monoisotopic (exact) mass is 318 g/mol. The van der Waals surface area contributed by atoms with Crippen molar-refractivity contribution < 1.29 is 14.7 Å². The van der Waals surface area contributed by atoms with E-state index in [1.807, 2.05) is 18.2 Å². The topological polar surface area (TPSA) is 78.4 Å². The number of hydrogen-bond acceptors (Lipinski definition) is 3. The number of rotatable bonds is 8. The van der Waals surface area contributed by atoms with Crippen molar-refractivity contribution in [3.05, 3.63) is 29.8 Å². The predicted molar refractivity (Wildman–Crippen MR) is 90.5 cm³/mol. The quantitative estimate of drug-likeness (QED) is 0.644. The average molecular weight is 318 g/mol. The Morgan fingerprint density at radius 3 is 2.70 bits per heavy atom. The number of nitrogens with one attached hydrogen (secondary N) is 2. The van der Waals surface area contributed by atoms with E-state index in [1.54, 1.807) is 0 Å². The molecule has 1 aromatic rings. The first-order chi connectivity index (χ1) is 11.1. The van der Waals surface area contributed by atoms with E-state index in [9.17, 15) is 9.59 Å². The zero-order valence-electron chi connectivity index (χ0n) is 13.5. The minimum atomic E-state index is -0.867. The second-order valence-electron chi connectivity index (χ2n) is 6.28. The van der Waals surface area contributed by atoms with Gasteiger partial charge in [0.2, 0.25) is 5.91 Å². The van der Waals surface area contributed by atoms with Crippen LogP contribution in [0.15, 0.2) is 24.3 Å². The van der Waals surface area contributed by atoms with Gasteiger partial charge in [0.15, 0.2) is 0 Å². The molecule has 1 fully saturated rings. The Balaban J connectivity index is 1.77. The number of carbonyl (C=O) groups excluding carboxylic acids is 1. The molecule has 0 aromatic heterocycles. The Bertz CT molecular complexity index is 525. The molecule has 126 valence electrons. The average Bonchev–Trinajstić information content (AvgIpc) is 2.53. The molecule has 1 aromatic carbocycles. The van der Waals surface area contributed by atoms with Crippen molar-refractivity contribution in [3.8, 4) is 0 Å². The Labute approximate surface area is 137 Å². The maximum atomic E-state index is 11.8. The van der Waals surface area contributed by atoms with E-state index in [0.717, 1.165) is 18.0 Å². The van der Waals surface area contributed by atoms with Crippen molar-refractivity contribution in [2.45, 2.75) is 44.9 Å². The molecule has 23 heavy (non-hydrogen) atoms. The summed E-state index contributed by atoms with van der Waals surface area (Å²) in [6.07, 6.45) is 7.76. The van der Waals surface area contributed by atoms with Gasteiger partial charge in [0.05, 0.1) is 13.0 Å². The van der Waals surface area contributed by atoms with Gasteiger partial charge in [0.25, 0.3) is 0 Å². The highest BCUT2D eigenvalue weighted by molar-refractivity contribution is 5.92. The molecule has 0 saturated heterocycles. The SMILES string of the molecule is O=C(O)CCNCC(=O)Nc1cccc(CC2CCCCC2)c1. The van der Waals surface area contributed by atoms with Crippen LogP contribution in [0.4, 0.5) is 5.69 Å². The van der Waals surface area contributed by atoms with Crippen LogP contribution in [0.2, 0.25) is 0 Å². The van der Waals surface area contributed by atoms with Crippen molar-refractivity contribution in [3.63, 3.8) is 0 Å². The summed E-state index contributed by atoms with van der Waals surface area (Å²) in [6, 6.07) is 8.03. The molecule has 3 N–H and O–H groups in total. The number of benzene rings is 1. The largest absolute Gasteiger partial charge is 0.481 e. The van der Waals surface area contributed by atoms with Crippen LogP contribution >= 0.6 is 0 Å². The van der Waals surface area contributed by atoms with Crippen LogP contribution in [-0.4, -0.2) is 30.1 Å². The highest BCUT2D eigenvalue weighted by atomic mass is 16.4. The minimum absolute atomic E-state index is 0.0180. The van der Waals surface area contributed by atoms with Crippen LogP contribution in [0.25, 0.3) is 0 Å². The van der Waals surface area contributed by atoms with Crippen LogP contribution in [-0.2, 0) is 16.0 Å². The van der Waals surface area contributed by atoms with Crippen molar-refractivity contribution in [2.24, 2.45) is 5.92 Å². The third kappa shape index (κ3) is 6.82. The number of carbonyl (C=O) groups is 2. The second-order valence-corrected chi connectivity index (χ2v) is 6.28. The zero-order valence-corrected chi connectivity index (χ0v) is 13.5. The summed E-state index contributed by atoms with van der Waals surface area (Å²) in [6.45, 7) is 0.421. The van der Waals surface area contributed by atoms with Gasteiger partial charge in [0.1, 0.15) is 0 Å². The molecule has 0 spiro atoms. The Morgan fingerprint density at radius 2 is 1.96 bits per heavy atom. The molecule has 1 amide bonds. The van der Waals surface area contributed by atoms with Gasteiger partial charge in [0, 0.05) is 12.2 Å². The fourth-order valence-corrected chi connectivity index (χ4v) is 3.10. The van der Waals surface area contributed by atoms with E-state index in [-0.39, 0.29) is 18.9 Å². The fourth-order valence-electron chi connectivity index (χ4n) is 3.10. The minimum Gasteiger partial charge on any atom is -0.481 e. The summed E-state index contributed by atoms with van der Waals surface area (Å²) in [7, 11) is 0. The molecule has 1 saturated carbocycles. The molecule has 1 aliphatic rings. The summed E-state index contributed by atoms with van der Waals surface area (Å²) in [5, 5.41) is 14.2. The van der Waals surface area contributed by atoms with Gasteiger partial charge < -0.3 is 15.7 Å². The van der Waals surface area contributed by atoms with Gasteiger partial charge in [-0.2, -0.15) is 0 Å². The van der Waals surface area contributed by atoms with Crippen LogP contribution in [0.5, 0.6) is 0 Å². The third-order valence-corrected chi connectivity index (χ3v) is 4.26. The van der Waals surface area contributed by atoms with Crippen molar-refractivity contribution in [1.29, 1.82) is 0 Å². The van der Waals surface area contributed by atoms with E-state index in [1.165, 1.54) is 37.7 Å². The van der Waals surface area contributed by atoms with Gasteiger partial charge in [-0.3, -0.25) is 9.59 Å². The molecular formula is C18H26N2O3. The molecule has 0 heterocycles. The zero-order chi connectivity index (χ0) is 16.5. The molecular weight excluding hydrogens is 292 g/mol. The first-order valence-electron chi connectivity index (χ1n) is 8.45. The summed E-state index contributed by atoms with van der Waals surface area (Å²) >= 11 is 0. The lowest BCUT2D eigenvalue weighted by atomic mass is 9.85. The Morgan fingerprint density at radius 1 is 1.17 bits per heavy atom.